The Kier molecular flexibility index (Phi) is 5.70. The minimum Gasteiger partial charge on any atom is -0.256 e. The lowest BCUT2D eigenvalue weighted by Gasteiger charge is -2.21. The molecular formula is C25H19FNP. The first kappa shape index (κ1) is 18.3. The van der Waals surface area contributed by atoms with Gasteiger partial charge in [0.25, 0.3) is 0 Å². The molecule has 4 aromatic rings. The molecule has 0 aliphatic carbocycles. The fourth-order valence-corrected chi connectivity index (χ4v) is 5.50. The molecule has 1 nitrogen and oxygen atoms in total. The predicted molar refractivity (Wildman–Crippen MR) is 119 cm³/mol. The lowest BCUT2D eigenvalue weighted by atomic mass is 10.2. The highest BCUT2D eigenvalue weighted by molar-refractivity contribution is 7.80. The van der Waals surface area contributed by atoms with Gasteiger partial charge in [0.05, 0.1) is 5.69 Å². The van der Waals surface area contributed by atoms with E-state index in [1.54, 1.807) is 12.1 Å². The van der Waals surface area contributed by atoms with Gasteiger partial charge >= 0.3 is 0 Å². The van der Waals surface area contributed by atoms with Crippen LogP contribution in [0.3, 0.4) is 0 Å². The van der Waals surface area contributed by atoms with E-state index in [4.69, 9.17) is 0 Å². The van der Waals surface area contributed by atoms with E-state index in [1.165, 1.54) is 28.0 Å². The average Bonchev–Trinajstić information content (AvgIpc) is 2.75. The molecule has 0 heterocycles. The summed E-state index contributed by atoms with van der Waals surface area (Å²) in [4.78, 5) is 4.51. The monoisotopic (exact) mass is 383 g/mol. The molecule has 0 amide bonds. The van der Waals surface area contributed by atoms with Crippen molar-refractivity contribution in [3.05, 3.63) is 121 Å². The summed E-state index contributed by atoms with van der Waals surface area (Å²) in [5.41, 5.74) is 1.66. The Morgan fingerprint density at radius 3 is 1.89 bits per heavy atom. The molecular weight excluding hydrogens is 364 g/mol. The molecule has 0 N–H and O–H groups in total. The molecule has 0 unspecified atom stereocenters. The molecule has 0 atom stereocenters. The minimum atomic E-state index is -0.719. The Morgan fingerprint density at radius 2 is 1.25 bits per heavy atom. The van der Waals surface area contributed by atoms with E-state index >= 15 is 0 Å². The fraction of sp³-hybridized carbons (Fsp3) is 0. The number of hydrogen-bond donors (Lipinski definition) is 0. The van der Waals surface area contributed by atoms with Crippen molar-refractivity contribution < 1.29 is 4.39 Å². The van der Waals surface area contributed by atoms with E-state index in [0.717, 1.165) is 5.56 Å². The number of halogens is 1. The maximum Gasteiger partial charge on any atom is 0.125 e. The third-order valence-corrected chi connectivity index (χ3v) is 6.89. The molecule has 0 saturated carbocycles. The topological polar surface area (TPSA) is 12.4 Å². The van der Waals surface area contributed by atoms with Gasteiger partial charge in [0.2, 0.25) is 0 Å². The third kappa shape index (κ3) is 4.24. The van der Waals surface area contributed by atoms with Crippen LogP contribution in [0.2, 0.25) is 0 Å². The first-order chi connectivity index (χ1) is 13.8. The zero-order chi connectivity index (χ0) is 19.2. The van der Waals surface area contributed by atoms with Crippen LogP contribution in [0, 0.1) is 5.82 Å². The standard InChI is InChI=1S/C25H19FNP/c26-21-11-9-12-22(18-21)27-19-20-10-7-8-17-25(20)28(23-13-3-1-4-14-23)24-15-5-2-6-16-24/h1-19H. The molecule has 0 aromatic heterocycles. The Bertz CT molecular complexity index is 1040. The van der Waals surface area contributed by atoms with Crippen molar-refractivity contribution in [1.82, 2.24) is 0 Å². The van der Waals surface area contributed by atoms with E-state index in [0.29, 0.717) is 5.69 Å². The lowest BCUT2D eigenvalue weighted by Crippen LogP contribution is -2.23. The highest BCUT2D eigenvalue weighted by Crippen LogP contribution is 2.33. The third-order valence-electron chi connectivity index (χ3n) is 4.37. The summed E-state index contributed by atoms with van der Waals surface area (Å²) in [6.45, 7) is 0. The van der Waals surface area contributed by atoms with Gasteiger partial charge in [-0.2, -0.15) is 0 Å². The summed E-state index contributed by atoms with van der Waals surface area (Å²) in [6, 6.07) is 35.8. The number of aliphatic imine (C=N–C) groups is 1. The molecule has 0 spiro atoms. The average molecular weight is 383 g/mol. The molecule has 0 bridgehead atoms. The van der Waals surface area contributed by atoms with Gasteiger partial charge in [-0.15, -0.1) is 0 Å². The first-order valence-corrected chi connectivity index (χ1v) is 10.4. The van der Waals surface area contributed by atoms with Gasteiger partial charge in [-0.05, 0) is 42.0 Å². The Balaban J connectivity index is 1.80. The maximum atomic E-state index is 13.5. The van der Waals surface area contributed by atoms with Crippen LogP contribution in [0.15, 0.2) is 114 Å². The van der Waals surface area contributed by atoms with Crippen LogP contribution >= 0.6 is 7.92 Å². The Labute approximate surface area is 166 Å². The Hall–Kier alpha value is -3.09. The quantitative estimate of drug-likeness (QED) is 0.326. The summed E-state index contributed by atoms with van der Waals surface area (Å²) in [6.07, 6.45) is 1.84. The molecule has 28 heavy (non-hydrogen) atoms. The number of rotatable bonds is 5. The van der Waals surface area contributed by atoms with Gasteiger partial charge in [-0.1, -0.05) is 91.0 Å². The number of hydrogen-bond acceptors (Lipinski definition) is 1. The molecule has 4 rings (SSSR count). The second-order valence-electron chi connectivity index (χ2n) is 6.30. The number of nitrogens with zero attached hydrogens (tertiary/aromatic N) is 1. The lowest BCUT2D eigenvalue weighted by molar-refractivity contribution is 0.628. The highest BCUT2D eigenvalue weighted by Gasteiger charge is 2.18. The van der Waals surface area contributed by atoms with E-state index < -0.39 is 7.92 Å². The molecule has 136 valence electrons. The van der Waals surface area contributed by atoms with E-state index in [2.05, 4.69) is 71.7 Å². The van der Waals surface area contributed by atoms with Gasteiger partial charge in [-0.25, -0.2) is 4.39 Å². The SMILES string of the molecule is Fc1cccc(N=Cc2ccccc2P(c2ccccc2)c2ccccc2)c1. The van der Waals surface area contributed by atoms with Crippen LogP contribution in [0.4, 0.5) is 10.1 Å². The van der Waals surface area contributed by atoms with Crippen LogP contribution in [0.5, 0.6) is 0 Å². The van der Waals surface area contributed by atoms with Crippen LogP contribution < -0.4 is 15.9 Å². The molecule has 3 heteroatoms. The zero-order valence-electron chi connectivity index (χ0n) is 15.2. The van der Waals surface area contributed by atoms with Crippen molar-refractivity contribution in [2.24, 2.45) is 4.99 Å². The molecule has 0 aliphatic heterocycles. The first-order valence-electron chi connectivity index (χ1n) is 9.10. The summed E-state index contributed by atoms with van der Waals surface area (Å²) in [5, 5.41) is 3.81. The summed E-state index contributed by atoms with van der Waals surface area (Å²) in [7, 11) is -0.719. The molecule has 0 radical (unpaired) electrons. The fourth-order valence-electron chi connectivity index (χ4n) is 3.08. The summed E-state index contributed by atoms with van der Waals surface area (Å²) in [5.74, 6) is -0.279. The van der Waals surface area contributed by atoms with Crippen LogP contribution in [-0.4, -0.2) is 6.21 Å². The predicted octanol–water partition coefficient (Wildman–Crippen LogP) is 5.33. The minimum absolute atomic E-state index is 0.279. The van der Waals surface area contributed by atoms with Gasteiger partial charge in [0.1, 0.15) is 5.82 Å². The molecule has 0 fully saturated rings. The van der Waals surface area contributed by atoms with E-state index in [9.17, 15) is 4.39 Å². The van der Waals surface area contributed by atoms with Gasteiger partial charge in [0, 0.05) is 11.8 Å². The van der Waals surface area contributed by atoms with Crippen molar-refractivity contribution in [2.75, 3.05) is 0 Å². The smallest absolute Gasteiger partial charge is 0.125 e. The largest absolute Gasteiger partial charge is 0.256 e. The van der Waals surface area contributed by atoms with Crippen molar-refractivity contribution in [3.8, 4) is 0 Å². The molecule has 0 aliphatic rings. The summed E-state index contributed by atoms with van der Waals surface area (Å²) < 4.78 is 13.5. The molecule has 4 aromatic carbocycles. The van der Waals surface area contributed by atoms with E-state index in [-0.39, 0.29) is 5.82 Å². The van der Waals surface area contributed by atoms with E-state index in [1.807, 2.05) is 24.4 Å². The van der Waals surface area contributed by atoms with Gasteiger partial charge in [-0.3, -0.25) is 4.99 Å². The van der Waals surface area contributed by atoms with Gasteiger partial charge in [0.15, 0.2) is 0 Å². The summed E-state index contributed by atoms with van der Waals surface area (Å²) >= 11 is 0. The van der Waals surface area contributed by atoms with Crippen molar-refractivity contribution in [1.29, 1.82) is 0 Å². The Morgan fingerprint density at radius 1 is 0.643 bits per heavy atom. The van der Waals surface area contributed by atoms with Crippen molar-refractivity contribution >= 4 is 35.7 Å². The van der Waals surface area contributed by atoms with Gasteiger partial charge < -0.3 is 0 Å². The zero-order valence-corrected chi connectivity index (χ0v) is 16.1. The van der Waals surface area contributed by atoms with Crippen molar-refractivity contribution in [3.63, 3.8) is 0 Å². The molecule has 0 saturated heterocycles. The van der Waals surface area contributed by atoms with Crippen LogP contribution in [0.1, 0.15) is 5.56 Å². The second-order valence-corrected chi connectivity index (χ2v) is 8.49. The van der Waals surface area contributed by atoms with Crippen LogP contribution in [0.25, 0.3) is 0 Å². The maximum absolute atomic E-state index is 13.5. The second kappa shape index (κ2) is 8.73. The number of benzene rings is 4. The highest BCUT2D eigenvalue weighted by atomic mass is 31.1. The normalized spacial score (nSPS) is 11.2. The van der Waals surface area contributed by atoms with Crippen LogP contribution in [-0.2, 0) is 0 Å². The van der Waals surface area contributed by atoms with Crippen molar-refractivity contribution in [2.45, 2.75) is 0 Å².